The van der Waals surface area contributed by atoms with Crippen molar-refractivity contribution >= 4 is 27.6 Å². The minimum Gasteiger partial charge on any atom is -0.393 e. The van der Waals surface area contributed by atoms with E-state index in [1.807, 2.05) is 30.0 Å². The van der Waals surface area contributed by atoms with Crippen molar-refractivity contribution in [2.24, 2.45) is 0 Å². The van der Waals surface area contributed by atoms with E-state index in [0.29, 0.717) is 6.42 Å². The van der Waals surface area contributed by atoms with E-state index < -0.39 is 0 Å². The second-order valence-electron chi connectivity index (χ2n) is 5.46. The third-order valence-electron chi connectivity index (χ3n) is 3.69. The highest BCUT2D eigenvalue weighted by Gasteiger charge is 2.29. The lowest BCUT2D eigenvalue weighted by atomic mass is 10.1. The zero-order valence-electron chi connectivity index (χ0n) is 11.9. The first-order valence-electron chi connectivity index (χ1n) is 6.99. The van der Waals surface area contributed by atoms with E-state index in [-0.39, 0.29) is 18.2 Å². The first-order valence-corrected chi connectivity index (χ1v) is 7.78. The number of nitrogens with one attached hydrogen (secondary N) is 1. The smallest absolute Gasteiger partial charge is 0.322 e. The van der Waals surface area contributed by atoms with Crippen molar-refractivity contribution in [3.63, 3.8) is 0 Å². The topological polar surface area (TPSA) is 52.6 Å². The van der Waals surface area contributed by atoms with Crippen molar-refractivity contribution in [1.82, 2.24) is 4.90 Å². The van der Waals surface area contributed by atoms with Crippen molar-refractivity contribution in [3.05, 3.63) is 28.2 Å². The number of aryl methyl sites for hydroxylation is 1. The number of aliphatic hydroxyl groups excluding tert-OH is 1. The molecule has 1 aliphatic heterocycles. The summed E-state index contributed by atoms with van der Waals surface area (Å²) in [7, 11) is 0. The Labute approximate surface area is 128 Å². The molecule has 1 saturated heterocycles. The molecule has 0 bridgehead atoms. The molecule has 1 aromatic rings. The number of benzene rings is 1. The van der Waals surface area contributed by atoms with E-state index in [9.17, 15) is 9.90 Å². The molecule has 2 amide bonds. The number of aliphatic hydroxyl groups is 1. The SMILES string of the molecule is Cc1ccc(Br)cc1NC(=O)N1CCC[C@H]1C[C@H](C)O. The minimum atomic E-state index is -0.374. The van der Waals surface area contributed by atoms with Gasteiger partial charge in [0.05, 0.1) is 6.10 Å². The molecule has 0 spiro atoms. The summed E-state index contributed by atoms with van der Waals surface area (Å²) in [4.78, 5) is 14.2. The van der Waals surface area contributed by atoms with Crippen LogP contribution in [0.5, 0.6) is 0 Å². The lowest BCUT2D eigenvalue weighted by Crippen LogP contribution is -2.40. The molecule has 2 N–H and O–H groups in total. The second-order valence-corrected chi connectivity index (χ2v) is 6.38. The van der Waals surface area contributed by atoms with E-state index in [1.54, 1.807) is 6.92 Å². The van der Waals surface area contributed by atoms with Crippen LogP contribution in [-0.2, 0) is 0 Å². The number of urea groups is 1. The molecule has 4 nitrogen and oxygen atoms in total. The Balaban J connectivity index is 2.05. The van der Waals surface area contributed by atoms with Crippen molar-refractivity contribution < 1.29 is 9.90 Å². The molecule has 2 atom stereocenters. The van der Waals surface area contributed by atoms with Gasteiger partial charge in [0.15, 0.2) is 0 Å². The normalized spacial score (nSPS) is 20.0. The van der Waals surface area contributed by atoms with Crippen molar-refractivity contribution in [2.75, 3.05) is 11.9 Å². The lowest BCUT2D eigenvalue weighted by molar-refractivity contribution is 0.142. The van der Waals surface area contributed by atoms with E-state index in [0.717, 1.165) is 35.1 Å². The molecule has 0 aromatic heterocycles. The van der Waals surface area contributed by atoms with Gasteiger partial charge in [0.1, 0.15) is 0 Å². The highest BCUT2D eigenvalue weighted by Crippen LogP contribution is 2.25. The predicted molar refractivity (Wildman–Crippen MR) is 83.9 cm³/mol. The van der Waals surface area contributed by atoms with Gasteiger partial charge in [0.25, 0.3) is 0 Å². The van der Waals surface area contributed by atoms with Crippen LogP contribution in [0.25, 0.3) is 0 Å². The van der Waals surface area contributed by atoms with Crippen LogP contribution in [0.3, 0.4) is 0 Å². The van der Waals surface area contributed by atoms with Crippen LogP contribution in [0.1, 0.15) is 31.7 Å². The molecular weight excluding hydrogens is 320 g/mol. The van der Waals surface area contributed by atoms with Crippen LogP contribution >= 0.6 is 15.9 Å². The van der Waals surface area contributed by atoms with Crippen LogP contribution < -0.4 is 5.32 Å². The quantitative estimate of drug-likeness (QED) is 0.884. The third kappa shape index (κ3) is 3.73. The molecule has 20 heavy (non-hydrogen) atoms. The number of nitrogens with zero attached hydrogens (tertiary/aromatic N) is 1. The Morgan fingerprint density at radius 1 is 1.60 bits per heavy atom. The summed E-state index contributed by atoms with van der Waals surface area (Å²) in [6.07, 6.45) is 2.24. The van der Waals surface area contributed by atoms with Crippen LogP contribution in [0, 0.1) is 6.92 Å². The number of likely N-dealkylation sites (tertiary alicyclic amines) is 1. The molecule has 1 fully saturated rings. The third-order valence-corrected chi connectivity index (χ3v) is 4.19. The Hall–Kier alpha value is -1.07. The minimum absolute atomic E-state index is 0.0747. The molecule has 0 radical (unpaired) electrons. The summed E-state index contributed by atoms with van der Waals surface area (Å²) in [6, 6.07) is 5.90. The fourth-order valence-corrected chi connectivity index (χ4v) is 3.02. The molecule has 1 heterocycles. The molecule has 0 aliphatic carbocycles. The second kappa shape index (κ2) is 6.59. The molecule has 110 valence electrons. The zero-order chi connectivity index (χ0) is 14.7. The Morgan fingerprint density at radius 2 is 2.35 bits per heavy atom. The molecule has 1 aliphatic rings. The Kier molecular flexibility index (Phi) is 5.05. The van der Waals surface area contributed by atoms with Crippen molar-refractivity contribution in [1.29, 1.82) is 0 Å². The zero-order valence-corrected chi connectivity index (χ0v) is 13.5. The van der Waals surface area contributed by atoms with Gasteiger partial charge in [-0.3, -0.25) is 0 Å². The number of hydrogen-bond acceptors (Lipinski definition) is 2. The van der Waals surface area contributed by atoms with Crippen molar-refractivity contribution in [3.8, 4) is 0 Å². The summed E-state index contributed by atoms with van der Waals surface area (Å²) in [5.41, 5.74) is 1.86. The van der Waals surface area contributed by atoms with E-state index in [4.69, 9.17) is 0 Å². The fourth-order valence-electron chi connectivity index (χ4n) is 2.66. The highest BCUT2D eigenvalue weighted by molar-refractivity contribution is 9.10. The largest absolute Gasteiger partial charge is 0.393 e. The number of carbonyl (C=O) groups excluding carboxylic acids is 1. The molecule has 5 heteroatoms. The van der Waals surface area contributed by atoms with Gasteiger partial charge in [-0.25, -0.2) is 4.79 Å². The monoisotopic (exact) mass is 340 g/mol. The maximum absolute atomic E-state index is 12.4. The van der Waals surface area contributed by atoms with Gasteiger partial charge in [-0.05, 0) is 50.8 Å². The average molecular weight is 341 g/mol. The molecule has 1 aromatic carbocycles. The van der Waals surface area contributed by atoms with Crippen LogP contribution in [0.4, 0.5) is 10.5 Å². The van der Waals surface area contributed by atoms with Gasteiger partial charge < -0.3 is 15.3 Å². The average Bonchev–Trinajstić information content (AvgIpc) is 2.81. The van der Waals surface area contributed by atoms with Crippen LogP contribution in [-0.4, -0.2) is 34.7 Å². The summed E-state index contributed by atoms with van der Waals surface area (Å²) < 4.78 is 0.945. The number of amides is 2. The maximum atomic E-state index is 12.4. The van der Waals surface area contributed by atoms with Gasteiger partial charge in [-0.15, -0.1) is 0 Å². The highest BCUT2D eigenvalue weighted by atomic mass is 79.9. The molecule has 2 rings (SSSR count). The number of anilines is 1. The van der Waals surface area contributed by atoms with Crippen molar-refractivity contribution in [2.45, 2.75) is 45.3 Å². The van der Waals surface area contributed by atoms with Gasteiger partial charge >= 0.3 is 6.03 Å². The van der Waals surface area contributed by atoms with E-state index >= 15 is 0 Å². The lowest BCUT2D eigenvalue weighted by Gasteiger charge is -2.26. The molecule has 0 unspecified atom stereocenters. The number of rotatable bonds is 3. The summed E-state index contributed by atoms with van der Waals surface area (Å²) in [6.45, 7) is 4.50. The summed E-state index contributed by atoms with van der Waals surface area (Å²) in [5, 5.41) is 12.5. The number of carbonyl (C=O) groups is 1. The Morgan fingerprint density at radius 3 is 3.05 bits per heavy atom. The first-order chi connectivity index (χ1) is 9.47. The summed E-state index contributed by atoms with van der Waals surface area (Å²) in [5.74, 6) is 0. The summed E-state index contributed by atoms with van der Waals surface area (Å²) >= 11 is 3.42. The van der Waals surface area contributed by atoms with Gasteiger partial charge in [0.2, 0.25) is 0 Å². The predicted octanol–water partition coefficient (Wildman–Crippen LogP) is 3.52. The standard InChI is InChI=1S/C15H21BrN2O2/c1-10-5-6-12(16)9-14(10)17-15(20)18-7-3-4-13(18)8-11(2)19/h5-6,9,11,13,19H,3-4,7-8H2,1-2H3,(H,17,20)/t11-,13-/m0/s1. The molecule has 0 saturated carbocycles. The van der Waals surface area contributed by atoms with Crippen LogP contribution in [0.15, 0.2) is 22.7 Å². The Bertz CT molecular complexity index is 491. The number of halogens is 1. The fraction of sp³-hybridized carbons (Fsp3) is 0.533. The van der Waals surface area contributed by atoms with Gasteiger partial charge in [-0.1, -0.05) is 22.0 Å². The van der Waals surface area contributed by atoms with E-state index in [1.165, 1.54) is 0 Å². The van der Waals surface area contributed by atoms with Gasteiger partial charge in [0, 0.05) is 22.7 Å². The first kappa shape index (κ1) is 15.3. The number of hydrogen-bond donors (Lipinski definition) is 2. The molecular formula is C15H21BrN2O2. The maximum Gasteiger partial charge on any atom is 0.322 e. The van der Waals surface area contributed by atoms with Crippen LogP contribution in [0.2, 0.25) is 0 Å². The van der Waals surface area contributed by atoms with E-state index in [2.05, 4.69) is 21.2 Å². The van der Waals surface area contributed by atoms with Gasteiger partial charge in [-0.2, -0.15) is 0 Å².